The van der Waals surface area contributed by atoms with E-state index in [1.54, 1.807) is 29.0 Å². The van der Waals surface area contributed by atoms with E-state index in [0.717, 1.165) is 50.7 Å². The largest absolute Gasteiger partial charge is 0.393 e. The van der Waals surface area contributed by atoms with Crippen LogP contribution in [0, 0.1) is 68.8 Å². The molecule has 6 aliphatic rings. The van der Waals surface area contributed by atoms with Gasteiger partial charge >= 0.3 is 0 Å². The van der Waals surface area contributed by atoms with Crippen LogP contribution in [0.5, 0.6) is 0 Å². The van der Waals surface area contributed by atoms with E-state index in [9.17, 15) is 19.4 Å². The van der Waals surface area contributed by atoms with Crippen LogP contribution in [0.2, 0.25) is 0 Å². The molecule has 6 heteroatoms. The molecular formula is C36H49FNO4. The molecule has 5 nitrogen and oxygen atoms in total. The number of carbonyl (C=O) groups is 1. The van der Waals surface area contributed by atoms with Gasteiger partial charge in [0.15, 0.2) is 0 Å². The molecule has 5 aliphatic carbocycles. The second-order valence-corrected chi connectivity index (χ2v) is 16.1. The summed E-state index contributed by atoms with van der Waals surface area (Å²) in [5.74, 6) is 2.11. The van der Waals surface area contributed by atoms with E-state index in [-0.39, 0.29) is 63.3 Å². The quantitative estimate of drug-likeness (QED) is 0.421. The number of halogens is 1. The average Bonchev–Trinajstić information content (AvgIpc) is 3.57. The number of hydrogen-bond acceptors (Lipinski definition) is 4. The standard InChI is InChI=1S/C36H49FNO4/c1-21-17-24(19-38(22(2)39)18-23-9-7-8-10-25(23)37)42-30-29(21)33(5)15-16-36-20-35(36)14-13-28(40)32(3,4)26(35)11-12-27(36)34(33,6)31(30)41/h7-10,21,26,28-29,31,40-41H,11-20H2,1-6H3/t21-,26+,28?,29+,31+,33-,34-,35-,36+/m1/s1. The molecule has 1 aliphatic heterocycles. The Labute approximate surface area is 251 Å². The maximum Gasteiger partial charge on any atom is 0.219 e. The Balaban J connectivity index is 1.15. The molecule has 0 bridgehead atoms. The number of amides is 1. The molecule has 3 radical (unpaired) electrons. The van der Waals surface area contributed by atoms with Gasteiger partial charge in [0.2, 0.25) is 5.91 Å². The number of rotatable bonds is 4. The van der Waals surface area contributed by atoms with Gasteiger partial charge in [-0.2, -0.15) is 0 Å². The van der Waals surface area contributed by atoms with E-state index in [1.807, 2.05) is 0 Å². The molecule has 2 N–H and O–H groups in total. The summed E-state index contributed by atoms with van der Waals surface area (Å²) in [6, 6.07) is 6.60. The summed E-state index contributed by atoms with van der Waals surface area (Å²) in [5.41, 5.74) is 0.405. The molecule has 1 saturated heterocycles. The summed E-state index contributed by atoms with van der Waals surface area (Å²) in [5, 5.41) is 23.3. The summed E-state index contributed by atoms with van der Waals surface area (Å²) in [6.07, 6.45) is 8.96. The predicted molar refractivity (Wildman–Crippen MR) is 158 cm³/mol. The molecule has 2 spiro atoms. The molecule has 1 unspecified atom stereocenters. The molecule has 1 heterocycles. The number of fused-ring (bicyclic) bond motifs is 4. The van der Waals surface area contributed by atoms with E-state index < -0.39 is 6.10 Å². The number of ether oxygens (including phenoxy) is 1. The number of aliphatic hydroxyl groups is 2. The van der Waals surface area contributed by atoms with Gasteiger partial charge in [0, 0.05) is 30.4 Å². The van der Waals surface area contributed by atoms with Crippen molar-refractivity contribution in [2.45, 2.75) is 112 Å². The van der Waals surface area contributed by atoms with Crippen LogP contribution in [0.3, 0.4) is 0 Å². The zero-order valence-electron chi connectivity index (χ0n) is 26.3. The van der Waals surface area contributed by atoms with Crippen molar-refractivity contribution < 1.29 is 24.1 Å². The molecule has 229 valence electrons. The highest BCUT2D eigenvalue weighted by molar-refractivity contribution is 5.73. The van der Waals surface area contributed by atoms with Gasteiger partial charge in [-0.1, -0.05) is 52.8 Å². The fourth-order valence-electron chi connectivity index (χ4n) is 11.9. The molecular weight excluding hydrogens is 529 g/mol. The molecule has 1 amide bonds. The van der Waals surface area contributed by atoms with Crippen molar-refractivity contribution in [1.82, 2.24) is 4.90 Å². The van der Waals surface area contributed by atoms with Crippen molar-refractivity contribution >= 4 is 5.91 Å². The van der Waals surface area contributed by atoms with E-state index in [0.29, 0.717) is 18.0 Å². The molecule has 9 atom stereocenters. The molecule has 6 fully saturated rings. The Morgan fingerprint density at radius 1 is 1.07 bits per heavy atom. The number of carbonyl (C=O) groups excluding carboxylic acids is 1. The van der Waals surface area contributed by atoms with Crippen molar-refractivity contribution in [2.24, 2.45) is 44.8 Å². The first kappa shape index (κ1) is 29.2. The first-order valence-electron chi connectivity index (χ1n) is 16.3. The predicted octanol–water partition coefficient (Wildman–Crippen LogP) is 6.63. The Morgan fingerprint density at radius 2 is 1.81 bits per heavy atom. The lowest BCUT2D eigenvalue weighted by Gasteiger charge is -2.63. The molecule has 5 saturated carbocycles. The molecule has 42 heavy (non-hydrogen) atoms. The Bertz CT molecular complexity index is 1270. The number of hydrogen-bond donors (Lipinski definition) is 2. The Morgan fingerprint density at radius 3 is 2.52 bits per heavy atom. The van der Waals surface area contributed by atoms with Crippen LogP contribution < -0.4 is 0 Å². The maximum atomic E-state index is 14.4. The lowest BCUT2D eigenvalue weighted by atomic mass is 9.41. The second kappa shape index (κ2) is 9.26. The van der Waals surface area contributed by atoms with E-state index in [4.69, 9.17) is 4.74 Å². The topological polar surface area (TPSA) is 70.0 Å². The summed E-state index contributed by atoms with van der Waals surface area (Å²) in [7, 11) is 0. The SMILES string of the molecule is CC(=O)N(C[C]1C[C@@H](C)[C@H]2[C](O1)[C@H](O)[C@@]1(C)[C]3CC[C@H]4C(C)(C)C(O)CC[C@@]45C[C@@]35CC[C@]21C)Cc1ccccc1F. The lowest BCUT2D eigenvalue weighted by Crippen LogP contribution is -2.58. The zero-order chi connectivity index (χ0) is 30.0. The summed E-state index contributed by atoms with van der Waals surface area (Å²) < 4.78 is 21.1. The van der Waals surface area contributed by atoms with Crippen LogP contribution in [-0.2, 0) is 16.1 Å². The van der Waals surface area contributed by atoms with Crippen LogP contribution >= 0.6 is 0 Å². The van der Waals surface area contributed by atoms with E-state index in [2.05, 4.69) is 34.6 Å². The molecule has 0 aromatic heterocycles. The first-order chi connectivity index (χ1) is 19.7. The van der Waals surface area contributed by atoms with Gasteiger partial charge in [0.1, 0.15) is 18.0 Å². The van der Waals surface area contributed by atoms with Crippen molar-refractivity contribution in [3.8, 4) is 0 Å². The van der Waals surface area contributed by atoms with Gasteiger partial charge < -0.3 is 19.8 Å². The van der Waals surface area contributed by atoms with Crippen LogP contribution in [0.4, 0.5) is 4.39 Å². The Hall–Kier alpha value is -1.50. The Kier molecular flexibility index (Phi) is 6.45. The third kappa shape index (κ3) is 3.55. The van der Waals surface area contributed by atoms with Gasteiger partial charge in [-0.05, 0) is 96.8 Å². The summed E-state index contributed by atoms with van der Waals surface area (Å²) in [6.45, 7) is 13.6. The van der Waals surface area contributed by atoms with Crippen LogP contribution in [0.1, 0.15) is 98.5 Å². The fourth-order valence-corrected chi connectivity index (χ4v) is 11.9. The first-order valence-corrected chi connectivity index (χ1v) is 16.3. The van der Waals surface area contributed by atoms with Crippen molar-refractivity contribution in [3.63, 3.8) is 0 Å². The van der Waals surface area contributed by atoms with E-state index >= 15 is 0 Å². The minimum Gasteiger partial charge on any atom is -0.393 e. The number of nitrogens with zero attached hydrogens (tertiary/aromatic N) is 1. The third-order valence-electron chi connectivity index (χ3n) is 14.2. The average molecular weight is 579 g/mol. The molecule has 1 aromatic rings. The highest BCUT2D eigenvalue weighted by atomic mass is 19.1. The zero-order valence-corrected chi connectivity index (χ0v) is 26.3. The van der Waals surface area contributed by atoms with Crippen molar-refractivity contribution in [3.05, 3.63) is 53.8 Å². The van der Waals surface area contributed by atoms with Gasteiger partial charge in [0.25, 0.3) is 0 Å². The normalized spacial score (nSPS) is 46.2. The minimum atomic E-state index is -0.689. The van der Waals surface area contributed by atoms with Crippen molar-refractivity contribution in [2.75, 3.05) is 6.54 Å². The number of benzene rings is 1. The van der Waals surface area contributed by atoms with Gasteiger partial charge in [-0.15, -0.1) is 0 Å². The van der Waals surface area contributed by atoms with Crippen LogP contribution in [-0.4, -0.2) is 39.8 Å². The third-order valence-corrected chi connectivity index (χ3v) is 14.2. The monoisotopic (exact) mass is 578 g/mol. The molecule has 1 aromatic carbocycles. The van der Waals surface area contributed by atoms with Gasteiger partial charge in [-0.3, -0.25) is 4.79 Å². The summed E-state index contributed by atoms with van der Waals surface area (Å²) in [4.78, 5) is 14.3. The minimum absolute atomic E-state index is 0.0707. The van der Waals surface area contributed by atoms with Crippen molar-refractivity contribution in [1.29, 1.82) is 0 Å². The number of aliphatic hydroxyl groups excluding tert-OH is 2. The lowest BCUT2D eigenvalue weighted by molar-refractivity contribution is -0.131. The smallest absolute Gasteiger partial charge is 0.219 e. The van der Waals surface area contributed by atoms with Crippen LogP contribution in [0.15, 0.2) is 24.3 Å². The maximum absolute atomic E-state index is 14.4. The van der Waals surface area contributed by atoms with Gasteiger partial charge in [0.05, 0.1) is 18.8 Å². The fraction of sp³-hybridized carbons (Fsp3) is 0.722. The highest BCUT2D eigenvalue weighted by Crippen LogP contribution is 2.90. The van der Waals surface area contributed by atoms with Crippen LogP contribution in [0.25, 0.3) is 0 Å². The summed E-state index contributed by atoms with van der Waals surface area (Å²) >= 11 is 0. The van der Waals surface area contributed by atoms with Gasteiger partial charge in [-0.25, -0.2) is 4.39 Å². The van der Waals surface area contributed by atoms with E-state index in [1.165, 1.54) is 25.8 Å². The highest BCUT2D eigenvalue weighted by Gasteiger charge is 2.85. The second-order valence-electron chi connectivity index (χ2n) is 16.1. The molecule has 7 rings (SSSR count).